The summed E-state index contributed by atoms with van der Waals surface area (Å²) in [5.74, 6) is 0.728. The van der Waals surface area contributed by atoms with E-state index in [0.29, 0.717) is 37.4 Å². The number of halogens is 1. The summed E-state index contributed by atoms with van der Waals surface area (Å²) in [6.07, 6.45) is 4.55. The molecule has 3 atom stereocenters. The molecular formula is C30H39FN4O3. The van der Waals surface area contributed by atoms with E-state index in [1.807, 2.05) is 36.1 Å². The molecular weight excluding hydrogens is 483 g/mol. The van der Waals surface area contributed by atoms with Gasteiger partial charge >= 0.3 is 0 Å². The highest BCUT2D eigenvalue weighted by Crippen LogP contribution is 2.55. The summed E-state index contributed by atoms with van der Waals surface area (Å²) in [7, 11) is 0. The Kier molecular flexibility index (Phi) is 6.18. The molecule has 7 nitrogen and oxygen atoms in total. The first kappa shape index (κ1) is 25.6. The highest BCUT2D eigenvalue weighted by Gasteiger charge is 2.55. The molecule has 7 rings (SSSR count). The molecule has 2 aromatic rings. The van der Waals surface area contributed by atoms with Crippen LogP contribution < -0.4 is 15.1 Å². The topological polar surface area (TPSA) is 88.9 Å². The number of rotatable bonds is 5. The molecule has 3 N–H and O–H groups in total. The van der Waals surface area contributed by atoms with Crippen molar-refractivity contribution in [2.75, 3.05) is 29.4 Å². The van der Waals surface area contributed by atoms with E-state index in [1.165, 1.54) is 12.1 Å². The number of aromatic nitrogens is 1. The third-order valence-corrected chi connectivity index (χ3v) is 9.44. The molecule has 4 aliphatic carbocycles. The van der Waals surface area contributed by atoms with Crippen molar-refractivity contribution in [2.24, 2.45) is 17.8 Å². The number of benzene rings is 1. The minimum absolute atomic E-state index is 0.0109. The van der Waals surface area contributed by atoms with Gasteiger partial charge in [0.05, 0.1) is 11.2 Å². The van der Waals surface area contributed by atoms with Crippen LogP contribution in [0.4, 0.5) is 15.9 Å². The average molecular weight is 523 g/mol. The van der Waals surface area contributed by atoms with Gasteiger partial charge in [-0.25, -0.2) is 9.37 Å². The second kappa shape index (κ2) is 9.19. The molecule has 1 aromatic heterocycles. The largest absolute Gasteiger partial charge is 0.390 e. The summed E-state index contributed by atoms with van der Waals surface area (Å²) in [6.45, 7) is 7.55. The fraction of sp³-hybridized carbons (Fsp3) is 0.600. The second-order valence-electron chi connectivity index (χ2n) is 12.8. The van der Waals surface area contributed by atoms with Gasteiger partial charge in [0.25, 0.3) is 5.91 Å². The Hall–Kier alpha value is -2.71. The zero-order valence-corrected chi connectivity index (χ0v) is 22.5. The molecule has 5 fully saturated rings. The van der Waals surface area contributed by atoms with Gasteiger partial charge in [-0.1, -0.05) is 12.1 Å². The fourth-order valence-electron chi connectivity index (χ4n) is 7.79. The van der Waals surface area contributed by atoms with Gasteiger partial charge < -0.3 is 25.3 Å². The van der Waals surface area contributed by atoms with Crippen LogP contribution in [0.25, 0.3) is 0 Å². The van der Waals surface area contributed by atoms with E-state index in [2.05, 4.69) is 15.2 Å². The van der Waals surface area contributed by atoms with Gasteiger partial charge in [-0.05, 0) is 100 Å². The van der Waals surface area contributed by atoms with E-state index >= 15 is 4.39 Å². The van der Waals surface area contributed by atoms with Crippen LogP contribution in [0, 0.1) is 23.6 Å². The van der Waals surface area contributed by atoms with Crippen LogP contribution in [0.3, 0.4) is 0 Å². The number of hydrogen-bond acceptors (Lipinski definition) is 6. The lowest BCUT2D eigenvalue weighted by atomic mass is 9.52. The van der Waals surface area contributed by atoms with Crippen molar-refractivity contribution in [3.05, 3.63) is 53.5 Å². The van der Waals surface area contributed by atoms with Gasteiger partial charge in [-0.15, -0.1) is 0 Å². The van der Waals surface area contributed by atoms with Crippen LogP contribution in [0.15, 0.2) is 36.4 Å². The SMILES string of the molecule is C[C@@H]1CN(c2ccc(C(C)(C)O)cc2)CCN1c1nc(C(=O)N[C@H]2C3CC4CC2C[C@](O)(C4)C3)ccc1F. The third kappa shape index (κ3) is 4.66. The number of amides is 1. The number of carbonyl (C=O) groups excluding carboxylic acids is 1. The summed E-state index contributed by atoms with van der Waals surface area (Å²) >= 11 is 0. The lowest BCUT2D eigenvalue weighted by Gasteiger charge is -2.58. The lowest BCUT2D eigenvalue weighted by Crippen LogP contribution is -2.61. The molecule has 204 valence electrons. The maximum Gasteiger partial charge on any atom is 0.270 e. The summed E-state index contributed by atoms with van der Waals surface area (Å²) in [6, 6.07) is 10.8. The normalized spacial score (nSPS) is 32.5. The fourth-order valence-corrected chi connectivity index (χ4v) is 7.79. The van der Waals surface area contributed by atoms with Crippen molar-refractivity contribution in [1.29, 1.82) is 0 Å². The number of hydrogen-bond donors (Lipinski definition) is 3. The van der Waals surface area contributed by atoms with Crippen molar-refractivity contribution in [2.45, 2.75) is 76.2 Å². The number of carbonyl (C=O) groups is 1. The van der Waals surface area contributed by atoms with E-state index < -0.39 is 17.0 Å². The van der Waals surface area contributed by atoms with Gasteiger partial charge in [0.15, 0.2) is 11.6 Å². The Balaban J connectivity index is 1.14. The summed E-state index contributed by atoms with van der Waals surface area (Å²) in [5, 5.41) is 24.3. The average Bonchev–Trinajstić information content (AvgIpc) is 2.85. The van der Waals surface area contributed by atoms with Gasteiger partial charge in [0.1, 0.15) is 5.69 Å². The molecule has 5 aliphatic rings. The van der Waals surface area contributed by atoms with Crippen molar-refractivity contribution in [3.8, 4) is 0 Å². The number of pyridine rings is 1. The highest BCUT2D eigenvalue weighted by molar-refractivity contribution is 5.93. The third-order valence-electron chi connectivity index (χ3n) is 9.44. The molecule has 1 aliphatic heterocycles. The molecule has 2 unspecified atom stereocenters. The van der Waals surface area contributed by atoms with E-state index in [9.17, 15) is 15.0 Å². The van der Waals surface area contributed by atoms with Crippen LogP contribution in [0.1, 0.15) is 68.9 Å². The lowest BCUT2D eigenvalue weighted by molar-refractivity contribution is -0.136. The first-order valence-electron chi connectivity index (χ1n) is 14.0. The molecule has 8 heteroatoms. The first-order chi connectivity index (χ1) is 18.0. The Bertz CT molecular complexity index is 1200. The number of anilines is 2. The van der Waals surface area contributed by atoms with Crippen LogP contribution in [-0.2, 0) is 5.60 Å². The monoisotopic (exact) mass is 522 g/mol. The molecule has 2 heterocycles. The van der Waals surface area contributed by atoms with Crippen molar-refractivity contribution >= 4 is 17.4 Å². The molecule has 1 aromatic carbocycles. The molecule has 1 amide bonds. The zero-order valence-electron chi connectivity index (χ0n) is 22.5. The number of piperazine rings is 1. The molecule has 4 saturated carbocycles. The quantitative estimate of drug-likeness (QED) is 0.553. The number of nitrogens with one attached hydrogen (secondary N) is 1. The standard InChI is InChI=1S/C30H39FN4O3/c1-18-17-34(23-6-4-22(5-7-23)29(2,3)37)10-11-35(18)27-24(31)8-9-25(32-27)28(36)33-26-20-12-19-13-21(26)16-30(38,14-19)15-20/h4-9,18-21,26,37-38H,10-17H2,1-3H3,(H,33,36)/t18-,19?,20?,21?,26-,30-/m1/s1. The first-order valence-corrected chi connectivity index (χ1v) is 14.0. The maximum absolute atomic E-state index is 15.0. The Labute approximate surface area is 224 Å². The molecule has 4 bridgehead atoms. The highest BCUT2D eigenvalue weighted by atomic mass is 19.1. The molecule has 0 spiro atoms. The Morgan fingerprint density at radius 1 is 1.08 bits per heavy atom. The maximum atomic E-state index is 15.0. The van der Waals surface area contributed by atoms with Gasteiger partial charge in [-0.3, -0.25) is 4.79 Å². The predicted octanol–water partition coefficient (Wildman–Crippen LogP) is 3.83. The summed E-state index contributed by atoms with van der Waals surface area (Å²) in [4.78, 5) is 22.0. The second-order valence-corrected chi connectivity index (χ2v) is 12.8. The summed E-state index contributed by atoms with van der Waals surface area (Å²) < 4.78 is 15.0. The van der Waals surface area contributed by atoms with E-state index in [4.69, 9.17) is 0 Å². The van der Waals surface area contributed by atoms with E-state index in [-0.39, 0.29) is 29.5 Å². The summed E-state index contributed by atoms with van der Waals surface area (Å²) in [5.41, 5.74) is 0.729. The predicted molar refractivity (Wildman–Crippen MR) is 145 cm³/mol. The van der Waals surface area contributed by atoms with E-state index in [1.54, 1.807) is 13.8 Å². The van der Waals surface area contributed by atoms with E-state index in [0.717, 1.165) is 43.4 Å². The minimum atomic E-state index is -0.887. The Morgan fingerprint density at radius 2 is 1.76 bits per heavy atom. The van der Waals surface area contributed by atoms with Crippen LogP contribution in [0.2, 0.25) is 0 Å². The zero-order chi connectivity index (χ0) is 26.8. The van der Waals surface area contributed by atoms with Crippen molar-refractivity contribution in [3.63, 3.8) is 0 Å². The van der Waals surface area contributed by atoms with Crippen LogP contribution in [-0.4, -0.2) is 58.4 Å². The van der Waals surface area contributed by atoms with Crippen molar-refractivity contribution in [1.82, 2.24) is 10.3 Å². The Morgan fingerprint density at radius 3 is 2.37 bits per heavy atom. The van der Waals surface area contributed by atoms with Crippen molar-refractivity contribution < 1.29 is 19.4 Å². The van der Waals surface area contributed by atoms with Crippen LogP contribution >= 0.6 is 0 Å². The number of aliphatic hydroxyl groups is 2. The molecule has 38 heavy (non-hydrogen) atoms. The minimum Gasteiger partial charge on any atom is -0.390 e. The van der Waals surface area contributed by atoms with Gasteiger partial charge in [-0.2, -0.15) is 0 Å². The van der Waals surface area contributed by atoms with Gasteiger partial charge in [0, 0.05) is 37.4 Å². The molecule has 1 saturated heterocycles. The van der Waals surface area contributed by atoms with Crippen LogP contribution in [0.5, 0.6) is 0 Å². The number of nitrogens with zero attached hydrogens (tertiary/aromatic N) is 3. The molecule has 0 radical (unpaired) electrons. The van der Waals surface area contributed by atoms with Gasteiger partial charge in [0.2, 0.25) is 0 Å². The smallest absolute Gasteiger partial charge is 0.270 e.